The van der Waals surface area contributed by atoms with Gasteiger partial charge in [0.25, 0.3) is 15.9 Å². The number of amides is 1. The summed E-state index contributed by atoms with van der Waals surface area (Å²) in [4.78, 5) is 17.1. The molecule has 0 saturated heterocycles. The van der Waals surface area contributed by atoms with Crippen LogP contribution in [0.4, 0.5) is 5.69 Å². The van der Waals surface area contributed by atoms with E-state index in [4.69, 9.17) is 21.2 Å². The Morgan fingerprint density at radius 2 is 1.60 bits per heavy atom. The minimum absolute atomic E-state index is 0.0159. The molecule has 0 fully saturated rings. The number of carbonyl (C=O) groups is 1. The maximum atomic E-state index is 12.6. The fourth-order valence-corrected chi connectivity index (χ4v) is 3.99. The summed E-state index contributed by atoms with van der Waals surface area (Å²) < 4.78 is 31.3. The van der Waals surface area contributed by atoms with Crippen molar-refractivity contribution in [1.29, 1.82) is 0 Å². The van der Waals surface area contributed by atoms with Crippen molar-refractivity contribution in [2.75, 3.05) is 19.5 Å². The van der Waals surface area contributed by atoms with Gasteiger partial charge in [0, 0.05) is 18.3 Å². The average Bonchev–Trinajstić information content (AvgIpc) is 2.75. The lowest BCUT2D eigenvalue weighted by molar-refractivity contribution is -0.0258. The summed E-state index contributed by atoms with van der Waals surface area (Å²) in [6.07, 6.45) is 0. The number of hydroxylamine groups is 1. The predicted molar refractivity (Wildman–Crippen MR) is 114 cm³/mol. The first kappa shape index (κ1) is 21.8. The molecule has 0 aliphatic heterocycles. The molecule has 3 aromatic carbocycles. The number of carbonyl (C=O) groups excluding carboxylic acids is 1. The minimum atomic E-state index is -4.00. The number of ether oxygens (including phenoxy) is 1. The van der Waals surface area contributed by atoms with Crippen LogP contribution in [-0.2, 0) is 14.9 Å². The Morgan fingerprint density at radius 3 is 2.23 bits per heavy atom. The minimum Gasteiger partial charge on any atom is -0.457 e. The van der Waals surface area contributed by atoms with Crippen LogP contribution in [0.1, 0.15) is 10.4 Å². The van der Waals surface area contributed by atoms with E-state index in [1.54, 1.807) is 24.3 Å². The molecule has 1 amide bonds. The molecule has 0 atom stereocenters. The maximum absolute atomic E-state index is 12.6. The van der Waals surface area contributed by atoms with Gasteiger partial charge in [-0.15, -0.1) is 0 Å². The number of para-hydroxylation sites is 1. The third kappa shape index (κ3) is 4.98. The van der Waals surface area contributed by atoms with Gasteiger partial charge in [0.05, 0.1) is 12.1 Å². The van der Waals surface area contributed by atoms with Gasteiger partial charge in [0.15, 0.2) is 0 Å². The molecule has 0 unspecified atom stereocenters. The number of nitrogens with one attached hydrogen (secondary N) is 1. The smallest absolute Gasteiger partial charge is 0.266 e. The van der Waals surface area contributed by atoms with Gasteiger partial charge >= 0.3 is 0 Å². The third-order valence-electron chi connectivity index (χ3n) is 4.16. The first-order chi connectivity index (χ1) is 14.3. The van der Waals surface area contributed by atoms with Gasteiger partial charge in [-0.1, -0.05) is 34.3 Å². The van der Waals surface area contributed by atoms with Gasteiger partial charge in [-0.2, -0.15) is 0 Å². The lowest BCUT2D eigenvalue weighted by atomic mass is 10.2. The second kappa shape index (κ2) is 9.27. The zero-order valence-corrected chi connectivity index (χ0v) is 17.8. The van der Waals surface area contributed by atoms with Crippen LogP contribution >= 0.6 is 11.6 Å². The van der Waals surface area contributed by atoms with Crippen LogP contribution in [0.2, 0.25) is 5.02 Å². The van der Waals surface area contributed by atoms with Crippen LogP contribution in [0.5, 0.6) is 11.5 Å². The van der Waals surface area contributed by atoms with Crippen LogP contribution in [0.15, 0.2) is 77.7 Å². The van der Waals surface area contributed by atoms with Crippen LogP contribution in [0.3, 0.4) is 0 Å². The van der Waals surface area contributed by atoms with E-state index in [-0.39, 0.29) is 15.5 Å². The summed E-state index contributed by atoms with van der Waals surface area (Å²) in [5, 5.41) is 2.70. The molecule has 0 aliphatic rings. The average molecular weight is 447 g/mol. The van der Waals surface area contributed by atoms with Crippen molar-refractivity contribution < 1.29 is 22.8 Å². The number of hydrogen-bond donors (Lipinski definition) is 1. The van der Waals surface area contributed by atoms with Crippen molar-refractivity contribution in [3.8, 4) is 11.5 Å². The van der Waals surface area contributed by atoms with Gasteiger partial charge in [-0.25, -0.2) is 8.42 Å². The highest BCUT2D eigenvalue weighted by Gasteiger charge is 2.25. The van der Waals surface area contributed by atoms with Gasteiger partial charge in [0.1, 0.15) is 16.4 Å². The van der Waals surface area contributed by atoms with Gasteiger partial charge in [-0.3, -0.25) is 9.63 Å². The number of benzene rings is 3. The monoisotopic (exact) mass is 446 g/mol. The van der Waals surface area contributed by atoms with Crippen molar-refractivity contribution in [3.05, 3.63) is 83.4 Å². The SMILES string of the molecule is CON(C)S(=O)(=O)c1cc(C(=O)Nc2ccc(Oc3ccccc3)cc2)ccc1Cl. The number of rotatable bonds is 7. The number of hydrogen-bond acceptors (Lipinski definition) is 5. The first-order valence-electron chi connectivity index (χ1n) is 8.78. The summed E-state index contributed by atoms with van der Waals surface area (Å²) in [7, 11) is -1.55. The molecule has 0 aliphatic carbocycles. The molecule has 0 heterocycles. The second-order valence-corrected chi connectivity index (χ2v) is 8.45. The summed E-state index contributed by atoms with van der Waals surface area (Å²) in [5.74, 6) is 0.826. The molecular weight excluding hydrogens is 428 g/mol. The molecule has 7 nitrogen and oxygen atoms in total. The van der Waals surface area contributed by atoms with Crippen LogP contribution < -0.4 is 10.1 Å². The topological polar surface area (TPSA) is 84.9 Å². The van der Waals surface area contributed by atoms with E-state index >= 15 is 0 Å². The molecule has 0 saturated carbocycles. The van der Waals surface area contributed by atoms with E-state index in [2.05, 4.69) is 5.32 Å². The van der Waals surface area contributed by atoms with Gasteiger partial charge in [0.2, 0.25) is 0 Å². The van der Waals surface area contributed by atoms with Crippen molar-refractivity contribution in [2.24, 2.45) is 0 Å². The molecule has 30 heavy (non-hydrogen) atoms. The largest absolute Gasteiger partial charge is 0.457 e. The molecule has 1 N–H and O–H groups in total. The summed E-state index contributed by atoms with van der Waals surface area (Å²) in [6, 6.07) is 20.1. The second-order valence-electron chi connectivity index (χ2n) is 6.14. The molecule has 3 rings (SSSR count). The van der Waals surface area contributed by atoms with E-state index in [0.717, 1.165) is 0 Å². The maximum Gasteiger partial charge on any atom is 0.266 e. The van der Waals surface area contributed by atoms with Gasteiger partial charge < -0.3 is 10.1 Å². The first-order valence-corrected chi connectivity index (χ1v) is 10.6. The van der Waals surface area contributed by atoms with Crippen LogP contribution in [0.25, 0.3) is 0 Å². The fourth-order valence-electron chi connectivity index (χ4n) is 2.51. The van der Waals surface area contributed by atoms with Crippen LogP contribution in [0, 0.1) is 0 Å². The number of nitrogens with zero attached hydrogens (tertiary/aromatic N) is 1. The Hall–Kier alpha value is -2.91. The lowest BCUT2D eigenvalue weighted by Gasteiger charge is -2.16. The highest BCUT2D eigenvalue weighted by atomic mass is 35.5. The Bertz CT molecular complexity index is 1140. The zero-order valence-electron chi connectivity index (χ0n) is 16.2. The van der Waals surface area contributed by atoms with Crippen molar-refractivity contribution in [3.63, 3.8) is 0 Å². The Labute approximate surface area is 179 Å². The standard InChI is InChI=1S/C21H19ClN2O5S/c1-24(28-2)30(26,27)20-14-15(8-13-19(20)22)21(25)23-16-9-11-18(12-10-16)29-17-6-4-3-5-7-17/h3-14H,1-2H3,(H,23,25). The van der Waals surface area contributed by atoms with Crippen molar-refractivity contribution in [2.45, 2.75) is 4.90 Å². The van der Waals surface area contributed by atoms with Crippen molar-refractivity contribution in [1.82, 2.24) is 4.47 Å². The summed E-state index contributed by atoms with van der Waals surface area (Å²) in [5.41, 5.74) is 0.654. The summed E-state index contributed by atoms with van der Waals surface area (Å²) >= 11 is 6.02. The molecule has 156 valence electrons. The Morgan fingerprint density at radius 1 is 0.967 bits per heavy atom. The van der Waals surface area contributed by atoms with Crippen LogP contribution in [-0.4, -0.2) is 33.0 Å². The van der Waals surface area contributed by atoms with E-state index in [1.165, 1.54) is 32.4 Å². The molecule has 0 bridgehead atoms. The molecule has 0 radical (unpaired) electrons. The molecule has 3 aromatic rings. The van der Waals surface area contributed by atoms with E-state index in [0.29, 0.717) is 21.7 Å². The quantitative estimate of drug-likeness (QED) is 0.537. The number of halogens is 1. The lowest BCUT2D eigenvalue weighted by Crippen LogP contribution is -2.26. The Kier molecular flexibility index (Phi) is 6.73. The molecular formula is C21H19ClN2O5S. The third-order valence-corrected chi connectivity index (χ3v) is 6.32. The fraction of sp³-hybridized carbons (Fsp3) is 0.0952. The number of sulfonamides is 1. The molecule has 0 spiro atoms. The highest BCUT2D eigenvalue weighted by molar-refractivity contribution is 7.89. The predicted octanol–water partition coefficient (Wildman–Crippen LogP) is 4.57. The molecule has 9 heteroatoms. The zero-order chi connectivity index (χ0) is 21.7. The van der Waals surface area contributed by atoms with E-state index in [1.807, 2.05) is 30.3 Å². The highest BCUT2D eigenvalue weighted by Crippen LogP contribution is 2.26. The summed E-state index contributed by atoms with van der Waals surface area (Å²) in [6.45, 7) is 0. The van der Waals surface area contributed by atoms with Crippen molar-refractivity contribution >= 4 is 33.2 Å². The Balaban J connectivity index is 1.75. The molecule has 0 aromatic heterocycles. The normalized spacial score (nSPS) is 11.3. The number of anilines is 1. The van der Waals surface area contributed by atoms with E-state index in [9.17, 15) is 13.2 Å². The van der Waals surface area contributed by atoms with Gasteiger partial charge in [-0.05, 0) is 54.6 Å². The van der Waals surface area contributed by atoms with E-state index < -0.39 is 15.9 Å².